The lowest BCUT2D eigenvalue weighted by Gasteiger charge is -2.01. The van der Waals surface area contributed by atoms with Crippen molar-refractivity contribution in [3.8, 4) is 0 Å². The van der Waals surface area contributed by atoms with E-state index in [0.717, 1.165) is 5.56 Å². The summed E-state index contributed by atoms with van der Waals surface area (Å²) in [6.07, 6.45) is 0. The van der Waals surface area contributed by atoms with Gasteiger partial charge in [0.15, 0.2) is 0 Å². The van der Waals surface area contributed by atoms with Crippen molar-refractivity contribution in [3.63, 3.8) is 0 Å². The molecule has 0 aromatic heterocycles. The van der Waals surface area contributed by atoms with Crippen molar-refractivity contribution in [2.24, 2.45) is 11.5 Å². The SMILES string of the molecule is NCS(=O)Cc1cccc(C(N)=O)c1. The molecule has 0 spiro atoms. The number of benzene rings is 1. The minimum atomic E-state index is -1.07. The van der Waals surface area contributed by atoms with E-state index in [2.05, 4.69) is 0 Å². The van der Waals surface area contributed by atoms with Gasteiger partial charge in [0.2, 0.25) is 5.91 Å². The van der Waals surface area contributed by atoms with Crippen molar-refractivity contribution in [2.45, 2.75) is 5.75 Å². The summed E-state index contributed by atoms with van der Waals surface area (Å²) in [5, 5.41) is 0. The molecule has 0 aliphatic heterocycles. The quantitative estimate of drug-likeness (QED) is 0.733. The number of carbonyl (C=O) groups is 1. The number of rotatable bonds is 4. The van der Waals surface area contributed by atoms with Crippen LogP contribution in [0, 0.1) is 0 Å². The summed E-state index contributed by atoms with van der Waals surface area (Å²) in [5.41, 5.74) is 11.6. The Balaban J connectivity index is 2.83. The topological polar surface area (TPSA) is 86.2 Å². The second-order valence-corrected chi connectivity index (χ2v) is 4.32. The maximum atomic E-state index is 11.1. The van der Waals surface area contributed by atoms with Crippen molar-refractivity contribution >= 4 is 16.7 Å². The number of primary amides is 1. The van der Waals surface area contributed by atoms with E-state index < -0.39 is 16.7 Å². The zero-order valence-electron chi connectivity index (χ0n) is 7.60. The van der Waals surface area contributed by atoms with Gasteiger partial charge in [-0.3, -0.25) is 9.00 Å². The second-order valence-electron chi connectivity index (χ2n) is 2.82. The maximum Gasteiger partial charge on any atom is 0.248 e. The lowest BCUT2D eigenvalue weighted by molar-refractivity contribution is 0.1000. The highest BCUT2D eigenvalue weighted by Gasteiger charge is 2.03. The molecular formula is C9H12N2O2S. The lowest BCUT2D eigenvalue weighted by Crippen LogP contribution is -2.12. The van der Waals surface area contributed by atoms with Gasteiger partial charge in [-0.2, -0.15) is 0 Å². The summed E-state index contributed by atoms with van der Waals surface area (Å²) in [4.78, 5) is 10.8. The van der Waals surface area contributed by atoms with E-state index in [1.165, 1.54) is 0 Å². The fraction of sp³-hybridized carbons (Fsp3) is 0.222. The molecule has 1 unspecified atom stereocenters. The van der Waals surface area contributed by atoms with E-state index in [9.17, 15) is 9.00 Å². The van der Waals surface area contributed by atoms with Crippen LogP contribution in [0.2, 0.25) is 0 Å². The van der Waals surface area contributed by atoms with Gasteiger partial charge in [0, 0.05) is 22.1 Å². The number of carbonyl (C=O) groups excluding carboxylic acids is 1. The van der Waals surface area contributed by atoms with E-state index >= 15 is 0 Å². The van der Waals surface area contributed by atoms with Crippen molar-refractivity contribution in [1.82, 2.24) is 0 Å². The zero-order valence-corrected chi connectivity index (χ0v) is 8.42. The van der Waals surface area contributed by atoms with E-state index in [1.807, 2.05) is 0 Å². The highest BCUT2D eigenvalue weighted by atomic mass is 32.2. The molecule has 0 saturated carbocycles. The molecule has 1 amide bonds. The first-order chi connectivity index (χ1) is 6.63. The predicted molar refractivity (Wildman–Crippen MR) is 55.9 cm³/mol. The van der Waals surface area contributed by atoms with Gasteiger partial charge in [-0.1, -0.05) is 12.1 Å². The Bertz CT molecular complexity index is 366. The molecule has 1 aromatic carbocycles. The molecule has 0 aliphatic rings. The van der Waals surface area contributed by atoms with Crippen LogP contribution in [-0.2, 0) is 16.6 Å². The van der Waals surface area contributed by atoms with Gasteiger partial charge in [-0.05, 0) is 17.7 Å². The molecule has 5 heteroatoms. The fourth-order valence-electron chi connectivity index (χ4n) is 1.06. The van der Waals surface area contributed by atoms with Crippen LogP contribution >= 0.6 is 0 Å². The minimum absolute atomic E-state index is 0.126. The van der Waals surface area contributed by atoms with E-state index in [-0.39, 0.29) is 5.88 Å². The Labute approximate surface area is 84.7 Å². The molecule has 1 aromatic rings. The minimum Gasteiger partial charge on any atom is -0.366 e. The number of nitrogens with two attached hydrogens (primary N) is 2. The predicted octanol–water partition coefficient (Wildman–Crippen LogP) is -0.0496. The maximum absolute atomic E-state index is 11.1. The van der Waals surface area contributed by atoms with Crippen LogP contribution in [-0.4, -0.2) is 16.0 Å². The van der Waals surface area contributed by atoms with Gasteiger partial charge in [-0.25, -0.2) is 0 Å². The van der Waals surface area contributed by atoms with Crippen molar-refractivity contribution in [3.05, 3.63) is 35.4 Å². The van der Waals surface area contributed by atoms with Gasteiger partial charge >= 0.3 is 0 Å². The first kappa shape index (κ1) is 10.9. The average molecular weight is 212 g/mol. The highest BCUT2D eigenvalue weighted by Crippen LogP contribution is 2.06. The van der Waals surface area contributed by atoms with Crippen LogP contribution in [0.15, 0.2) is 24.3 Å². The van der Waals surface area contributed by atoms with Crippen LogP contribution in [0.3, 0.4) is 0 Å². The van der Waals surface area contributed by atoms with Gasteiger partial charge < -0.3 is 11.5 Å². The summed E-state index contributed by atoms with van der Waals surface area (Å²) < 4.78 is 11.1. The first-order valence-electron chi connectivity index (χ1n) is 4.07. The summed E-state index contributed by atoms with van der Waals surface area (Å²) >= 11 is 0. The molecule has 14 heavy (non-hydrogen) atoms. The largest absolute Gasteiger partial charge is 0.366 e. The molecule has 0 saturated heterocycles. The molecule has 1 atom stereocenters. The van der Waals surface area contributed by atoms with Crippen molar-refractivity contribution in [2.75, 3.05) is 5.88 Å². The van der Waals surface area contributed by atoms with Crippen LogP contribution in [0.4, 0.5) is 0 Å². The van der Waals surface area contributed by atoms with Gasteiger partial charge in [0.05, 0.1) is 5.88 Å². The normalized spacial score (nSPS) is 12.4. The molecule has 4 nitrogen and oxygen atoms in total. The fourth-order valence-corrected chi connectivity index (χ4v) is 1.73. The van der Waals surface area contributed by atoms with Gasteiger partial charge in [-0.15, -0.1) is 0 Å². The molecule has 0 fully saturated rings. The average Bonchev–Trinajstić information content (AvgIpc) is 2.18. The Morgan fingerprint density at radius 2 is 2.14 bits per heavy atom. The van der Waals surface area contributed by atoms with Crippen molar-refractivity contribution in [1.29, 1.82) is 0 Å². The standard InChI is InChI=1S/C9H12N2O2S/c10-6-14(13)5-7-2-1-3-8(4-7)9(11)12/h1-4H,5-6,10H2,(H2,11,12). The molecule has 0 bridgehead atoms. The highest BCUT2D eigenvalue weighted by molar-refractivity contribution is 7.84. The molecule has 4 N–H and O–H groups in total. The molecule has 0 aliphatic carbocycles. The monoisotopic (exact) mass is 212 g/mol. The Hall–Kier alpha value is -1.20. The van der Waals surface area contributed by atoms with Crippen molar-refractivity contribution < 1.29 is 9.00 Å². The van der Waals surface area contributed by atoms with E-state index in [4.69, 9.17) is 11.5 Å². The molecule has 0 heterocycles. The summed E-state index contributed by atoms with van der Waals surface area (Å²) in [5.74, 6) is 0.00341. The molecule has 1 rings (SSSR count). The van der Waals surface area contributed by atoms with Gasteiger partial charge in [0.1, 0.15) is 0 Å². The summed E-state index contributed by atoms with van der Waals surface area (Å²) in [6.45, 7) is 0. The Kier molecular flexibility index (Phi) is 3.79. The second kappa shape index (κ2) is 4.88. The molecule has 76 valence electrons. The van der Waals surface area contributed by atoms with Crippen LogP contribution < -0.4 is 11.5 Å². The third-order valence-corrected chi connectivity index (χ3v) is 2.75. The van der Waals surface area contributed by atoms with E-state index in [0.29, 0.717) is 11.3 Å². The molecule has 0 radical (unpaired) electrons. The molecular weight excluding hydrogens is 200 g/mol. The third-order valence-electron chi connectivity index (χ3n) is 1.73. The number of hydrogen-bond donors (Lipinski definition) is 2. The Morgan fingerprint density at radius 3 is 2.71 bits per heavy atom. The lowest BCUT2D eigenvalue weighted by atomic mass is 10.1. The number of hydrogen-bond acceptors (Lipinski definition) is 3. The van der Waals surface area contributed by atoms with Crippen LogP contribution in [0.1, 0.15) is 15.9 Å². The first-order valence-corrected chi connectivity index (χ1v) is 5.56. The third kappa shape index (κ3) is 2.93. The summed E-state index contributed by atoms with van der Waals surface area (Å²) in [6, 6.07) is 6.76. The van der Waals surface area contributed by atoms with E-state index in [1.54, 1.807) is 24.3 Å². The summed E-state index contributed by atoms with van der Waals surface area (Å²) in [7, 11) is -1.07. The number of amides is 1. The zero-order chi connectivity index (χ0) is 10.6. The van der Waals surface area contributed by atoms with Gasteiger partial charge in [0.25, 0.3) is 0 Å². The smallest absolute Gasteiger partial charge is 0.248 e. The van der Waals surface area contributed by atoms with Crippen LogP contribution in [0.25, 0.3) is 0 Å². The Morgan fingerprint density at radius 1 is 1.43 bits per heavy atom. The van der Waals surface area contributed by atoms with Crippen LogP contribution in [0.5, 0.6) is 0 Å².